The lowest BCUT2D eigenvalue weighted by atomic mass is 9.83. The van der Waals surface area contributed by atoms with E-state index in [2.05, 4.69) is 0 Å². The first-order chi connectivity index (χ1) is 7.02. The lowest BCUT2D eigenvalue weighted by Gasteiger charge is -2.31. The minimum atomic E-state index is -1.04. The Balaban J connectivity index is 2.31. The Morgan fingerprint density at radius 1 is 1.53 bits per heavy atom. The molecule has 1 fully saturated rings. The van der Waals surface area contributed by atoms with E-state index in [0.29, 0.717) is 6.42 Å². The molecule has 1 saturated carbocycles. The summed E-state index contributed by atoms with van der Waals surface area (Å²) in [4.78, 5) is 10.9. The van der Waals surface area contributed by atoms with Crippen molar-refractivity contribution in [3.8, 4) is 0 Å². The van der Waals surface area contributed by atoms with Crippen LogP contribution in [0, 0.1) is 17.8 Å². The third kappa shape index (κ3) is 1.52. The highest BCUT2D eigenvalue weighted by atomic mass is 16.6. The molecule has 5 nitrogen and oxygen atoms in total. The van der Waals surface area contributed by atoms with Crippen LogP contribution in [-0.4, -0.2) is 33.7 Å². The maximum absolute atomic E-state index is 10.9. The Labute approximate surface area is 87.0 Å². The first-order valence-corrected chi connectivity index (χ1v) is 4.97. The van der Waals surface area contributed by atoms with Crippen LogP contribution in [0.15, 0.2) is 11.8 Å². The molecule has 15 heavy (non-hydrogen) atoms. The summed E-state index contributed by atoms with van der Waals surface area (Å²) in [5, 5.41) is 28.2. The van der Waals surface area contributed by atoms with Gasteiger partial charge in [-0.25, -0.2) is 4.79 Å². The van der Waals surface area contributed by atoms with Crippen LogP contribution in [-0.2, 0) is 9.53 Å². The van der Waals surface area contributed by atoms with Crippen molar-refractivity contribution in [1.82, 2.24) is 0 Å². The zero-order valence-electron chi connectivity index (χ0n) is 8.33. The molecule has 0 radical (unpaired) electrons. The third-order valence-corrected chi connectivity index (χ3v) is 3.48. The number of carbonyl (C=O) groups is 1. The normalized spacial score (nSPS) is 44.2. The molecular formula is C10H14O5. The standard InChI is InChI=1S/C10H14O5/c1-4-7(11)2-5-6(9(12)13)3-15-10(14)8(4)5/h3-5,7-8,10-11,14H,2H2,1H3,(H,12,13)/t4-,5+,7-,8+,10?/m0/s1. The molecule has 1 heterocycles. The second kappa shape index (κ2) is 3.50. The van der Waals surface area contributed by atoms with Crippen molar-refractivity contribution in [2.75, 3.05) is 0 Å². The van der Waals surface area contributed by atoms with Crippen molar-refractivity contribution in [2.45, 2.75) is 25.7 Å². The fourth-order valence-electron chi connectivity index (χ4n) is 2.58. The van der Waals surface area contributed by atoms with E-state index < -0.39 is 18.4 Å². The van der Waals surface area contributed by atoms with E-state index in [1.807, 2.05) is 0 Å². The minimum Gasteiger partial charge on any atom is -0.478 e. The van der Waals surface area contributed by atoms with Gasteiger partial charge in [-0.1, -0.05) is 6.92 Å². The molecular weight excluding hydrogens is 200 g/mol. The number of rotatable bonds is 1. The number of carboxylic acid groups (broad SMARTS) is 1. The third-order valence-electron chi connectivity index (χ3n) is 3.48. The SMILES string of the molecule is C[C@@H]1[C@H]2C(O)OC=C(C(=O)O)[C@H]2C[C@@H]1O. The van der Waals surface area contributed by atoms with Crippen LogP contribution >= 0.6 is 0 Å². The fraction of sp³-hybridized carbons (Fsp3) is 0.700. The van der Waals surface area contributed by atoms with E-state index >= 15 is 0 Å². The highest BCUT2D eigenvalue weighted by Gasteiger charge is 2.49. The van der Waals surface area contributed by atoms with Gasteiger partial charge in [0.2, 0.25) is 0 Å². The Morgan fingerprint density at radius 2 is 2.20 bits per heavy atom. The molecule has 0 saturated heterocycles. The average molecular weight is 214 g/mol. The molecule has 0 aromatic carbocycles. The number of hydrogen-bond acceptors (Lipinski definition) is 4. The molecule has 0 aromatic heterocycles. The van der Waals surface area contributed by atoms with Crippen LogP contribution in [0.5, 0.6) is 0 Å². The molecule has 84 valence electrons. The predicted octanol–water partition coefficient (Wildman–Crippen LogP) is -0.0634. The molecule has 0 aromatic rings. The molecule has 1 aliphatic heterocycles. The summed E-state index contributed by atoms with van der Waals surface area (Å²) < 4.78 is 4.89. The average Bonchev–Trinajstić information content (AvgIpc) is 2.44. The summed E-state index contributed by atoms with van der Waals surface area (Å²) in [7, 11) is 0. The number of fused-ring (bicyclic) bond motifs is 1. The Hall–Kier alpha value is -1.07. The summed E-state index contributed by atoms with van der Waals surface area (Å²) in [6.45, 7) is 1.80. The van der Waals surface area contributed by atoms with Gasteiger partial charge >= 0.3 is 5.97 Å². The summed E-state index contributed by atoms with van der Waals surface area (Å²) in [5.41, 5.74) is 0.147. The summed E-state index contributed by atoms with van der Waals surface area (Å²) in [5.74, 6) is -1.82. The van der Waals surface area contributed by atoms with Crippen LogP contribution in [0.4, 0.5) is 0 Å². The molecule has 3 N–H and O–H groups in total. The molecule has 0 bridgehead atoms. The number of aliphatic hydroxyl groups is 2. The highest BCUT2D eigenvalue weighted by Crippen LogP contribution is 2.45. The Bertz CT molecular complexity index is 311. The molecule has 1 unspecified atom stereocenters. The van der Waals surface area contributed by atoms with Gasteiger partial charge in [-0.15, -0.1) is 0 Å². The van der Waals surface area contributed by atoms with Crippen molar-refractivity contribution < 1.29 is 24.9 Å². The fourth-order valence-corrected chi connectivity index (χ4v) is 2.58. The second-order valence-electron chi connectivity index (χ2n) is 4.25. The van der Waals surface area contributed by atoms with Gasteiger partial charge in [-0.2, -0.15) is 0 Å². The van der Waals surface area contributed by atoms with E-state index in [-0.39, 0.29) is 23.3 Å². The maximum Gasteiger partial charge on any atom is 0.334 e. The Kier molecular flexibility index (Phi) is 2.44. The van der Waals surface area contributed by atoms with Crippen LogP contribution in [0.3, 0.4) is 0 Å². The highest BCUT2D eigenvalue weighted by molar-refractivity contribution is 5.87. The van der Waals surface area contributed by atoms with Gasteiger partial charge in [0.25, 0.3) is 0 Å². The van der Waals surface area contributed by atoms with Crippen LogP contribution in [0.25, 0.3) is 0 Å². The van der Waals surface area contributed by atoms with Crippen molar-refractivity contribution in [3.05, 3.63) is 11.8 Å². The number of aliphatic carboxylic acids is 1. The summed E-state index contributed by atoms with van der Waals surface area (Å²) in [6.07, 6.45) is -0.104. The minimum absolute atomic E-state index is 0.145. The van der Waals surface area contributed by atoms with Gasteiger partial charge in [0.15, 0.2) is 6.29 Å². The van der Waals surface area contributed by atoms with Gasteiger partial charge in [0.05, 0.1) is 17.9 Å². The van der Waals surface area contributed by atoms with Crippen LogP contribution < -0.4 is 0 Å². The van der Waals surface area contributed by atoms with E-state index in [9.17, 15) is 15.0 Å². The summed E-state index contributed by atoms with van der Waals surface area (Å²) >= 11 is 0. The second-order valence-corrected chi connectivity index (χ2v) is 4.25. The van der Waals surface area contributed by atoms with Crippen LogP contribution in [0.2, 0.25) is 0 Å². The zero-order chi connectivity index (χ0) is 11.2. The lowest BCUT2D eigenvalue weighted by molar-refractivity contribution is -0.142. The zero-order valence-corrected chi connectivity index (χ0v) is 8.33. The number of carboxylic acids is 1. The number of ether oxygens (including phenoxy) is 1. The van der Waals surface area contributed by atoms with Gasteiger partial charge in [-0.3, -0.25) is 0 Å². The van der Waals surface area contributed by atoms with Crippen molar-refractivity contribution >= 4 is 5.97 Å². The smallest absolute Gasteiger partial charge is 0.334 e. The number of aliphatic hydroxyl groups excluding tert-OH is 2. The molecule has 0 amide bonds. The monoisotopic (exact) mass is 214 g/mol. The van der Waals surface area contributed by atoms with Gasteiger partial charge in [0, 0.05) is 11.8 Å². The molecule has 5 heteroatoms. The molecule has 1 aliphatic carbocycles. The Morgan fingerprint density at radius 3 is 2.80 bits per heavy atom. The van der Waals surface area contributed by atoms with Crippen molar-refractivity contribution in [2.24, 2.45) is 17.8 Å². The van der Waals surface area contributed by atoms with Gasteiger partial charge in [0.1, 0.15) is 0 Å². The molecule has 2 rings (SSSR count). The molecule has 0 spiro atoms. The van der Waals surface area contributed by atoms with E-state index in [0.717, 1.165) is 6.26 Å². The first-order valence-electron chi connectivity index (χ1n) is 4.97. The van der Waals surface area contributed by atoms with Crippen molar-refractivity contribution in [1.29, 1.82) is 0 Å². The van der Waals surface area contributed by atoms with E-state index in [1.54, 1.807) is 6.92 Å². The quantitative estimate of drug-likeness (QED) is 0.569. The lowest BCUT2D eigenvalue weighted by Crippen LogP contribution is -2.36. The molecule has 2 aliphatic rings. The summed E-state index contributed by atoms with van der Waals surface area (Å²) in [6, 6.07) is 0. The first kappa shape index (κ1) is 10.4. The number of hydrogen-bond donors (Lipinski definition) is 3. The van der Waals surface area contributed by atoms with Crippen molar-refractivity contribution in [3.63, 3.8) is 0 Å². The van der Waals surface area contributed by atoms with E-state index in [4.69, 9.17) is 9.84 Å². The van der Waals surface area contributed by atoms with Gasteiger partial charge < -0.3 is 20.1 Å². The molecule has 5 atom stereocenters. The van der Waals surface area contributed by atoms with Gasteiger partial charge in [-0.05, 0) is 12.3 Å². The maximum atomic E-state index is 10.9. The van der Waals surface area contributed by atoms with Crippen LogP contribution in [0.1, 0.15) is 13.3 Å². The van der Waals surface area contributed by atoms with E-state index in [1.165, 1.54) is 0 Å². The topological polar surface area (TPSA) is 87.0 Å². The largest absolute Gasteiger partial charge is 0.478 e. The predicted molar refractivity (Wildman–Crippen MR) is 49.6 cm³/mol.